The van der Waals surface area contributed by atoms with Crippen LogP contribution in [0.4, 0.5) is 4.79 Å². The zero-order chi connectivity index (χ0) is 23.5. The molecule has 0 saturated carbocycles. The number of carboxylic acid groups (broad SMARTS) is 2. The Labute approximate surface area is 189 Å². The SMILES string of the molecule is Cc1ccc(CP(O)N2CCN(CC=O)CCN(CC(=O)O)CCN(C(=O)O)CC2)cc1. The fourth-order valence-electron chi connectivity index (χ4n) is 3.50. The second-order valence-corrected chi connectivity index (χ2v) is 9.50. The average Bonchev–Trinajstić information content (AvgIpc) is 2.73. The number of aryl methyl sites for hydroxylation is 1. The van der Waals surface area contributed by atoms with Crippen LogP contribution in [-0.2, 0) is 15.8 Å². The summed E-state index contributed by atoms with van der Waals surface area (Å²) >= 11 is 0. The van der Waals surface area contributed by atoms with Crippen molar-refractivity contribution in [3.8, 4) is 0 Å². The van der Waals surface area contributed by atoms with Crippen molar-refractivity contribution in [2.24, 2.45) is 0 Å². The first-order chi connectivity index (χ1) is 15.3. The third kappa shape index (κ3) is 9.18. The molecule has 1 atom stereocenters. The summed E-state index contributed by atoms with van der Waals surface area (Å²) in [6.07, 6.45) is 0.224. The van der Waals surface area contributed by atoms with Gasteiger partial charge in [0.1, 0.15) is 14.6 Å². The molecule has 1 aliphatic heterocycles. The zero-order valence-corrected chi connectivity index (χ0v) is 19.4. The van der Waals surface area contributed by atoms with Crippen molar-refractivity contribution in [2.75, 3.05) is 65.4 Å². The van der Waals surface area contributed by atoms with Crippen LogP contribution in [0.15, 0.2) is 24.3 Å². The highest BCUT2D eigenvalue weighted by Gasteiger charge is 2.23. The lowest BCUT2D eigenvalue weighted by atomic mass is 10.2. The Morgan fingerprint density at radius 2 is 1.50 bits per heavy atom. The van der Waals surface area contributed by atoms with Crippen molar-refractivity contribution in [1.82, 2.24) is 19.4 Å². The zero-order valence-electron chi connectivity index (χ0n) is 18.5. The lowest BCUT2D eigenvalue weighted by Crippen LogP contribution is -2.47. The number of carboxylic acids is 1. The number of aliphatic carboxylic acids is 1. The van der Waals surface area contributed by atoms with Gasteiger partial charge >= 0.3 is 12.1 Å². The summed E-state index contributed by atoms with van der Waals surface area (Å²) in [5, 5.41) is 18.7. The van der Waals surface area contributed by atoms with E-state index in [1.165, 1.54) is 4.90 Å². The summed E-state index contributed by atoms with van der Waals surface area (Å²) in [5.41, 5.74) is 2.15. The van der Waals surface area contributed by atoms with Gasteiger partial charge in [-0.15, -0.1) is 0 Å². The second-order valence-electron chi connectivity index (χ2n) is 7.88. The van der Waals surface area contributed by atoms with Gasteiger partial charge in [-0.3, -0.25) is 19.3 Å². The lowest BCUT2D eigenvalue weighted by Gasteiger charge is -2.34. The molecule has 0 spiro atoms. The standard InChI is InChI=1S/C21H33N4O6P/c1-18-2-4-19(5-3-18)17-32(31)25-12-9-22(14-15-26)6-7-23(16-20(27)28)8-10-24(11-13-25)21(29)30/h2-5,15,31H,6-14,16-17H2,1H3,(H,27,28)(H,29,30). The number of aldehydes is 1. The van der Waals surface area contributed by atoms with Crippen molar-refractivity contribution >= 4 is 26.6 Å². The van der Waals surface area contributed by atoms with E-state index in [4.69, 9.17) is 5.11 Å². The minimum Gasteiger partial charge on any atom is -0.480 e. The Morgan fingerprint density at radius 3 is 2.12 bits per heavy atom. The van der Waals surface area contributed by atoms with Gasteiger partial charge in [-0.1, -0.05) is 29.8 Å². The maximum atomic E-state index is 11.7. The highest BCUT2D eigenvalue weighted by molar-refractivity contribution is 7.48. The second kappa shape index (κ2) is 13.4. The summed E-state index contributed by atoms with van der Waals surface area (Å²) in [5.74, 6) is -0.978. The largest absolute Gasteiger partial charge is 0.480 e. The summed E-state index contributed by atoms with van der Waals surface area (Å²) < 4.78 is 1.90. The molecule has 32 heavy (non-hydrogen) atoms. The molecular weight excluding hydrogens is 435 g/mol. The van der Waals surface area contributed by atoms with Crippen molar-refractivity contribution in [1.29, 1.82) is 0 Å². The first-order valence-electron chi connectivity index (χ1n) is 10.6. The third-order valence-corrected chi connectivity index (χ3v) is 7.16. The number of nitrogens with zero attached hydrogens (tertiary/aromatic N) is 4. The number of benzene rings is 1. The van der Waals surface area contributed by atoms with Crippen LogP contribution in [0, 0.1) is 6.92 Å². The highest BCUT2D eigenvalue weighted by Crippen LogP contribution is 2.39. The average molecular weight is 468 g/mol. The molecule has 0 bridgehead atoms. The number of rotatable bonds is 7. The smallest absolute Gasteiger partial charge is 0.407 e. The van der Waals surface area contributed by atoms with Gasteiger partial charge in [-0.2, -0.15) is 0 Å². The van der Waals surface area contributed by atoms with E-state index in [0.717, 1.165) is 17.4 Å². The maximum absolute atomic E-state index is 11.7. The van der Waals surface area contributed by atoms with E-state index < -0.39 is 20.4 Å². The van der Waals surface area contributed by atoms with Gasteiger partial charge in [0.05, 0.1) is 13.1 Å². The first kappa shape index (κ1) is 26.2. The number of hydrogen-bond acceptors (Lipinski definition) is 7. The highest BCUT2D eigenvalue weighted by atomic mass is 31.2. The van der Waals surface area contributed by atoms with Crippen LogP contribution in [0.3, 0.4) is 0 Å². The quantitative estimate of drug-likeness (QED) is 0.397. The topological polar surface area (TPSA) is 125 Å². The fraction of sp³-hybridized carbons (Fsp3) is 0.571. The predicted octanol–water partition coefficient (Wildman–Crippen LogP) is 0.982. The van der Waals surface area contributed by atoms with Crippen LogP contribution in [0.25, 0.3) is 0 Å². The van der Waals surface area contributed by atoms with Crippen LogP contribution in [-0.4, -0.2) is 118 Å². The van der Waals surface area contributed by atoms with E-state index >= 15 is 0 Å². The van der Waals surface area contributed by atoms with Crippen molar-refractivity contribution in [2.45, 2.75) is 13.1 Å². The number of carbonyl (C=O) groups is 3. The van der Waals surface area contributed by atoms with Gasteiger partial charge in [-0.05, 0) is 12.5 Å². The Kier molecular flexibility index (Phi) is 11.0. The Hall–Kier alpha value is -2.10. The Balaban J connectivity index is 2.13. The molecule has 0 aliphatic carbocycles. The number of carbonyl (C=O) groups excluding carboxylic acids is 1. The van der Waals surface area contributed by atoms with Crippen LogP contribution >= 0.6 is 8.30 Å². The lowest BCUT2D eigenvalue weighted by molar-refractivity contribution is -0.138. The van der Waals surface area contributed by atoms with Gasteiger partial charge in [0.15, 0.2) is 0 Å². The molecule has 11 heteroatoms. The maximum Gasteiger partial charge on any atom is 0.407 e. The van der Waals surface area contributed by atoms with Gasteiger partial charge in [0.25, 0.3) is 0 Å². The molecule has 1 amide bonds. The van der Waals surface area contributed by atoms with Crippen molar-refractivity contribution < 1.29 is 29.5 Å². The van der Waals surface area contributed by atoms with Crippen molar-refractivity contribution in [3.63, 3.8) is 0 Å². The van der Waals surface area contributed by atoms with E-state index in [1.54, 1.807) is 4.90 Å². The van der Waals surface area contributed by atoms with Gasteiger partial charge in [-0.25, -0.2) is 4.79 Å². The van der Waals surface area contributed by atoms with Crippen LogP contribution in [0.2, 0.25) is 0 Å². The fourth-order valence-corrected chi connectivity index (χ4v) is 4.88. The molecule has 3 N–H and O–H groups in total. The summed E-state index contributed by atoms with van der Waals surface area (Å²) in [7, 11) is -1.53. The molecule has 1 fully saturated rings. The minimum absolute atomic E-state index is 0.172. The molecule has 1 aromatic carbocycles. The third-order valence-electron chi connectivity index (χ3n) is 5.45. The van der Waals surface area contributed by atoms with E-state index in [-0.39, 0.29) is 32.7 Å². The van der Waals surface area contributed by atoms with Gasteiger partial charge in [0, 0.05) is 58.5 Å². The van der Waals surface area contributed by atoms with E-state index in [2.05, 4.69) is 0 Å². The molecule has 0 aromatic heterocycles. The molecule has 1 heterocycles. The summed E-state index contributed by atoms with van der Waals surface area (Å²) in [6.45, 7) is 4.93. The predicted molar refractivity (Wildman–Crippen MR) is 122 cm³/mol. The van der Waals surface area contributed by atoms with Gasteiger partial charge in [0.2, 0.25) is 0 Å². The van der Waals surface area contributed by atoms with Crippen LogP contribution in [0.5, 0.6) is 0 Å². The van der Waals surface area contributed by atoms with E-state index in [0.29, 0.717) is 38.9 Å². The van der Waals surface area contributed by atoms with Crippen molar-refractivity contribution in [3.05, 3.63) is 35.4 Å². The molecule has 1 aliphatic rings. The minimum atomic E-state index is -1.53. The summed E-state index contributed by atoms with van der Waals surface area (Å²) in [4.78, 5) is 49.8. The Bertz CT molecular complexity index is 750. The monoisotopic (exact) mass is 468 g/mol. The summed E-state index contributed by atoms with van der Waals surface area (Å²) in [6, 6.07) is 7.96. The van der Waals surface area contributed by atoms with Gasteiger partial charge < -0.3 is 24.8 Å². The molecule has 178 valence electrons. The molecule has 1 unspecified atom stereocenters. The molecule has 1 aromatic rings. The molecule has 2 rings (SSSR count). The van der Waals surface area contributed by atoms with E-state index in [9.17, 15) is 24.4 Å². The first-order valence-corrected chi connectivity index (χ1v) is 12.1. The molecule has 0 radical (unpaired) electrons. The van der Waals surface area contributed by atoms with Crippen LogP contribution in [0.1, 0.15) is 11.1 Å². The molecule has 10 nitrogen and oxygen atoms in total. The van der Waals surface area contributed by atoms with E-state index in [1.807, 2.05) is 40.8 Å². The number of hydrogen-bond donors (Lipinski definition) is 3. The van der Waals surface area contributed by atoms with Crippen LogP contribution < -0.4 is 0 Å². The molecule has 1 saturated heterocycles. The Morgan fingerprint density at radius 1 is 0.938 bits per heavy atom. The normalized spacial score (nSPS) is 19.0. The molecular formula is C21H33N4O6P. The number of amides is 1.